The number of likely N-dealkylation sites (tertiary alicyclic amines) is 1. The van der Waals surface area contributed by atoms with Crippen LogP contribution in [0.2, 0.25) is 0 Å². The number of urea groups is 1. The van der Waals surface area contributed by atoms with Crippen molar-refractivity contribution in [1.29, 1.82) is 0 Å². The van der Waals surface area contributed by atoms with E-state index in [2.05, 4.69) is 19.1 Å². The van der Waals surface area contributed by atoms with Gasteiger partial charge in [0, 0.05) is 6.54 Å². The number of carbonyl (C=O) groups is 2. The molecule has 0 spiro atoms. The lowest BCUT2D eigenvalue weighted by molar-refractivity contribution is -0.146. The number of primary amides is 1. The molecule has 3 atom stereocenters. The van der Waals surface area contributed by atoms with Crippen LogP contribution < -0.4 is 5.73 Å². The monoisotopic (exact) mass is 302 g/mol. The van der Waals surface area contributed by atoms with Crippen LogP contribution in [-0.2, 0) is 9.53 Å². The predicted octanol–water partition coefficient (Wildman–Crippen LogP) is 2.18. The fourth-order valence-corrected chi connectivity index (χ4v) is 3.39. The number of rotatable bonds is 4. The molecule has 1 saturated carbocycles. The highest BCUT2D eigenvalue weighted by atomic mass is 16.5. The molecule has 5 heteroatoms. The molecule has 2 aliphatic rings. The van der Waals surface area contributed by atoms with Crippen molar-refractivity contribution < 1.29 is 14.3 Å². The molecule has 1 saturated heterocycles. The standard InChI is InChI=1S/C17H22N2O3/c1-11-5-2-3-7-13(11)14-9-15(14)16(20)22-10-12-6-4-8-19(12)17(18)21/h2-3,5,7,12,14-15H,4,6,8-10H2,1H3,(H2,18,21)/t12-,14-,15-/m0/s1. The minimum atomic E-state index is -0.428. The van der Waals surface area contributed by atoms with Crippen LogP contribution in [0.4, 0.5) is 4.79 Å². The Labute approximate surface area is 130 Å². The number of benzene rings is 1. The third-order valence-electron chi connectivity index (χ3n) is 4.76. The molecule has 1 aromatic rings. The molecule has 1 aromatic carbocycles. The summed E-state index contributed by atoms with van der Waals surface area (Å²) in [5.74, 6) is 0.0960. The molecule has 3 rings (SSSR count). The molecular weight excluding hydrogens is 280 g/mol. The molecule has 2 amide bonds. The molecule has 1 aliphatic carbocycles. The maximum Gasteiger partial charge on any atom is 0.315 e. The van der Waals surface area contributed by atoms with Gasteiger partial charge >= 0.3 is 12.0 Å². The van der Waals surface area contributed by atoms with Gasteiger partial charge in [0.05, 0.1) is 12.0 Å². The smallest absolute Gasteiger partial charge is 0.315 e. The van der Waals surface area contributed by atoms with Gasteiger partial charge in [0.25, 0.3) is 0 Å². The Morgan fingerprint density at radius 1 is 1.36 bits per heavy atom. The molecule has 0 aromatic heterocycles. The van der Waals surface area contributed by atoms with Crippen LogP contribution >= 0.6 is 0 Å². The van der Waals surface area contributed by atoms with Crippen LogP contribution in [0.1, 0.15) is 36.3 Å². The number of nitrogens with two attached hydrogens (primary N) is 1. The Bertz CT molecular complexity index is 587. The Hall–Kier alpha value is -2.04. The van der Waals surface area contributed by atoms with Gasteiger partial charge in [-0.3, -0.25) is 4.79 Å². The first-order chi connectivity index (χ1) is 10.6. The molecule has 0 unspecified atom stereocenters. The van der Waals surface area contributed by atoms with E-state index in [4.69, 9.17) is 10.5 Å². The van der Waals surface area contributed by atoms with Crippen molar-refractivity contribution in [3.63, 3.8) is 0 Å². The van der Waals surface area contributed by atoms with Gasteiger partial charge in [0.2, 0.25) is 0 Å². The fraction of sp³-hybridized carbons (Fsp3) is 0.529. The van der Waals surface area contributed by atoms with E-state index in [1.165, 1.54) is 11.1 Å². The molecule has 1 aliphatic heterocycles. The summed E-state index contributed by atoms with van der Waals surface area (Å²) in [6, 6.07) is 7.68. The Kier molecular flexibility index (Phi) is 4.05. The summed E-state index contributed by atoms with van der Waals surface area (Å²) in [6.45, 7) is 2.99. The molecule has 2 N–H and O–H groups in total. The zero-order chi connectivity index (χ0) is 15.7. The fourth-order valence-electron chi connectivity index (χ4n) is 3.39. The Morgan fingerprint density at radius 3 is 2.86 bits per heavy atom. The quantitative estimate of drug-likeness (QED) is 0.866. The highest BCUT2D eigenvalue weighted by molar-refractivity contribution is 5.77. The van der Waals surface area contributed by atoms with Crippen LogP contribution in [0.15, 0.2) is 24.3 Å². The second-order valence-electron chi connectivity index (χ2n) is 6.26. The van der Waals surface area contributed by atoms with Crippen molar-refractivity contribution >= 4 is 12.0 Å². The van der Waals surface area contributed by atoms with E-state index in [9.17, 15) is 9.59 Å². The maximum atomic E-state index is 12.2. The normalized spacial score (nSPS) is 26.8. The van der Waals surface area contributed by atoms with Gasteiger partial charge in [0.15, 0.2) is 0 Å². The number of ether oxygens (including phenoxy) is 1. The summed E-state index contributed by atoms with van der Waals surface area (Å²) in [4.78, 5) is 25.1. The molecule has 1 heterocycles. The van der Waals surface area contributed by atoms with E-state index in [1.807, 2.05) is 12.1 Å². The van der Waals surface area contributed by atoms with E-state index in [-0.39, 0.29) is 30.5 Å². The van der Waals surface area contributed by atoms with Crippen molar-refractivity contribution in [3.8, 4) is 0 Å². The second kappa shape index (κ2) is 5.99. The van der Waals surface area contributed by atoms with E-state index in [0.717, 1.165) is 19.3 Å². The summed E-state index contributed by atoms with van der Waals surface area (Å²) in [5, 5.41) is 0. The van der Waals surface area contributed by atoms with Crippen LogP contribution in [0, 0.1) is 12.8 Å². The van der Waals surface area contributed by atoms with Gasteiger partial charge in [-0.25, -0.2) is 4.79 Å². The van der Waals surface area contributed by atoms with Gasteiger partial charge in [-0.1, -0.05) is 24.3 Å². The van der Waals surface area contributed by atoms with Crippen molar-refractivity contribution in [2.24, 2.45) is 11.7 Å². The first kappa shape index (κ1) is 14.9. The lowest BCUT2D eigenvalue weighted by atomic mass is 10.0. The van der Waals surface area contributed by atoms with Crippen LogP contribution in [0.5, 0.6) is 0 Å². The average molecular weight is 302 g/mol. The number of hydrogen-bond acceptors (Lipinski definition) is 3. The van der Waals surface area contributed by atoms with E-state index in [1.54, 1.807) is 4.90 Å². The predicted molar refractivity (Wildman–Crippen MR) is 82.3 cm³/mol. The first-order valence-electron chi connectivity index (χ1n) is 7.86. The molecule has 0 radical (unpaired) electrons. The van der Waals surface area contributed by atoms with Gasteiger partial charge in [-0.05, 0) is 43.2 Å². The number of esters is 1. The Morgan fingerprint density at radius 2 is 2.14 bits per heavy atom. The number of aryl methyl sites for hydroxylation is 1. The molecule has 2 fully saturated rings. The molecule has 5 nitrogen and oxygen atoms in total. The van der Waals surface area contributed by atoms with Gasteiger partial charge in [-0.15, -0.1) is 0 Å². The zero-order valence-electron chi connectivity index (χ0n) is 12.8. The minimum absolute atomic E-state index is 0.0375. The third kappa shape index (κ3) is 2.93. The maximum absolute atomic E-state index is 12.2. The summed E-state index contributed by atoms with van der Waals surface area (Å²) < 4.78 is 5.43. The van der Waals surface area contributed by atoms with Gasteiger partial charge in [0.1, 0.15) is 6.61 Å². The van der Waals surface area contributed by atoms with Crippen molar-refractivity contribution in [1.82, 2.24) is 4.90 Å². The van der Waals surface area contributed by atoms with Crippen molar-refractivity contribution in [2.75, 3.05) is 13.2 Å². The lowest BCUT2D eigenvalue weighted by Crippen LogP contribution is -2.42. The largest absolute Gasteiger partial charge is 0.463 e. The molecule has 118 valence electrons. The van der Waals surface area contributed by atoms with Crippen molar-refractivity contribution in [3.05, 3.63) is 35.4 Å². The third-order valence-corrected chi connectivity index (χ3v) is 4.76. The van der Waals surface area contributed by atoms with Crippen LogP contribution in [-0.4, -0.2) is 36.1 Å². The van der Waals surface area contributed by atoms with Crippen LogP contribution in [0.3, 0.4) is 0 Å². The van der Waals surface area contributed by atoms with Crippen LogP contribution in [0.25, 0.3) is 0 Å². The van der Waals surface area contributed by atoms with E-state index < -0.39 is 6.03 Å². The Balaban J connectivity index is 1.52. The number of amides is 2. The number of carbonyl (C=O) groups excluding carboxylic acids is 2. The average Bonchev–Trinajstić information content (AvgIpc) is 3.14. The number of hydrogen-bond donors (Lipinski definition) is 1. The van der Waals surface area contributed by atoms with E-state index in [0.29, 0.717) is 6.54 Å². The summed E-state index contributed by atoms with van der Waals surface area (Å²) in [6.07, 6.45) is 2.62. The molecule has 0 bridgehead atoms. The first-order valence-corrected chi connectivity index (χ1v) is 7.86. The number of nitrogens with zero attached hydrogens (tertiary/aromatic N) is 1. The minimum Gasteiger partial charge on any atom is -0.463 e. The van der Waals surface area contributed by atoms with Gasteiger partial charge in [-0.2, -0.15) is 0 Å². The highest BCUT2D eigenvalue weighted by Crippen LogP contribution is 2.49. The molecular formula is C17H22N2O3. The SMILES string of the molecule is Cc1ccccc1[C@@H]1C[C@@H]1C(=O)OC[C@@H]1CCCN1C(N)=O. The second-order valence-corrected chi connectivity index (χ2v) is 6.26. The molecule has 22 heavy (non-hydrogen) atoms. The van der Waals surface area contributed by atoms with Crippen molar-refractivity contribution in [2.45, 2.75) is 38.1 Å². The topological polar surface area (TPSA) is 72.6 Å². The van der Waals surface area contributed by atoms with Gasteiger partial charge < -0.3 is 15.4 Å². The lowest BCUT2D eigenvalue weighted by Gasteiger charge is -2.22. The van der Waals surface area contributed by atoms with E-state index >= 15 is 0 Å². The highest BCUT2D eigenvalue weighted by Gasteiger charge is 2.46. The zero-order valence-corrected chi connectivity index (χ0v) is 12.8. The summed E-state index contributed by atoms with van der Waals surface area (Å²) in [5.41, 5.74) is 7.79. The summed E-state index contributed by atoms with van der Waals surface area (Å²) >= 11 is 0. The summed E-state index contributed by atoms with van der Waals surface area (Å²) in [7, 11) is 0.